The molecule has 88 valence electrons. The van der Waals surface area contributed by atoms with Crippen LogP contribution >= 0.6 is 11.8 Å². The molecule has 4 unspecified atom stereocenters. The molecule has 2 nitrogen and oxygen atoms in total. The molecule has 0 spiro atoms. The minimum Gasteiger partial charge on any atom is -0.377 e. The summed E-state index contributed by atoms with van der Waals surface area (Å²) in [7, 11) is 0. The number of thioether (sulfide) groups is 1. The molecule has 2 aliphatic rings. The predicted molar refractivity (Wildman–Crippen MR) is 66.5 cm³/mol. The van der Waals surface area contributed by atoms with E-state index in [1.54, 1.807) is 0 Å². The van der Waals surface area contributed by atoms with Crippen LogP contribution in [-0.4, -0.2) is 35.8 Å². The van der Waals surface area contributed by atoms with Crippen LogP contribution in [0.25, 0.3) is 0 Å². The fraction of sp³-hybridized carbons (Fsp3) is 1.00. The van der Waals surface area contributed by atoms with Gasteiger partial charge < -0.3 is 10.1 Å². The maximum absolute atomic E-state index is 5.72. The summed E-state index contributed by atoms with van der Waals surface area (Å²) in [5.41, 5.74) is 0. The van der Waals surface area contributed by atoms with Crippen LogP contribution < -0.4 is 5.32 Å². The van der Waals surface area contributed by atoms with Gasteiger partial charge in [-0.1, -0.05) is 6.92 Å². The molecule has 0 bridgehead atoms. The normalized spacial score (nSPS) is 39.2. The monoisotopic (exact) mass is 229 g/mol. The van der Waals surface area contributed by atoms with Crippen molar-refractivity contribution < 1.29 is 4.74 Å². The summed E-state index contributed by atoms with van der Waals surface area (Å²) in [6, 6.07) is 1.22. The molecule has 0 saturated carbocycles. The second-order valence-corrected chi connectivity index (χ2v) is 6.32. The Bertz CT molecular complexity index is 194. The highest BCUT2D eigenvalue weighted by atomic mass is 32.2. The van der Waals surface area contributed by atoms with E-state index in [-0.39, 0.29) is 0 Å². The van der Waals surface area contributed by atoms with E-state index in [4.69, 9.17) is 4.74 Å². The molecule has 0 amide bonds. The van der Waals surface area contributed by atoms with Gasteiger partial charge in [-0.2, -0.15) is 11.8 Å². The summed E-state index contributed by atoms with van der Waals surface area (Å²) in [5.74, 6) is 1.34. The predicted octanol–water partition coefficient (Wildman–Crippen LogP) is 2.43. The van der Waals surface area contributed by atoms with Crippen LogP contribution in [0.5, 0.6) is 0 Å². The molecule has 2 aliphatic heterocycles. The van der Waals surface area contributed by atoms with Crippen LogP contribution in [0.15, 0.2) is 0 Å². The maximum atomic E-state index is 5.72. The smallest absolute Gasteiger partial charge is 0.0726 e. The Kier molecular flexibility index (Phi) is 4.35. The molecule has 4 atom stereocenters. The minimum atomic E-state index is 0.462. The average Bonchev–Trinajstić information content (AvgIpc) is 2.74. The van der Waals surface area contributed by atoms with Gasteiger partial charge in [0.15, 0.2) is 0 Å². The van der Waals surface area contributed by atoms with Gasteiger partial charge >= 0.3 is 0 Å². The Morgan fingerprint density at radius 1 is 1.33 bits per heavy atom. The van der Waals surface area contributed by atoms with Gasteiger partial charge in [0.2, 0.25) is 0 Å². The quantitative estimate of drug-likeness (QED) is 0.803. The largest absolute Gasteiger partial charge is 0.377 e. The van der Waals surface area contributed by atoms with Crippen molar-refractivity contribution >= 4 is 11.8 Å². The van der Waals surface area contributed by atoms with Crippen molar-refractivity contribution in [2.75, 3.05) is 12.4 Å². The van der Waals surface area contributed by atoms with Crippen molar-refractivity contribution in [2.45, 2.75) is 63.0 Å². The van der Waals surface area contributed by atoms with Crippen LogP contribution in [-0.2, 0) is 4.74 Å². The van der Waals surface area contributed by atoms with Gasteiger partial charge in [0.25, 0.3) is 0 Å². The van der Waals surface area contributed by atoms with E-state index < -0.39 is 0 Å². The first-order chi connectivity index (χ1) is 7.27. The second kappa shape index (κ2) is 5.55. The summed E-state index contributed by atoms with van der Waals surface area (Å²) in [4.78, 5) is 0. The summed E-state index contributed by atoms with van der Waals surface area (Å²) >= 11 is 2.11. The van der Waals surface area contributed by atoms with E-state index in [0.717, 1.165) is 11.9 Å². The third-order valence-electron chi connectivity index (χ3n) is 3.61. The molecule has 2 fully saturated rings. The lowest BCUT2D eigenvalue weighted by molar-refractivity contribution is 0.0791. The Labute approximate surface area is 97.5 Å². The molecular formula is C12H23NOS. The molecule has 0 radical (unpaired) electrons. The van der Waals surface area contributed by atoms with Gasteiger partial charge in [0, 0.05) is 23.9 Å². The Morgan fingerprint density at radius 2 is 2.20 bits per heavy atom. The highest BCUT2D eigenvalue weighted by Crippen LogP contribution is 2.26. The van der Waals surface area contributed by atoms with Crippen LogP contribution in [0, 0.1) is 0 Å². The van der Waals surface area contributed by atoms with Crippen LogP contribution in [0.2, 0.25) is 0 Å². The van der Waals surface area contributed by atoms with Crippen molar-refractivity contribution in [3.63, 3.8) is 0 Å². The Hall–Kier alpha value is 0.270. The van der Waals surface area contributed by atoms with Crippen LogP contribution in [0.1, 0.15) is 39.5 Å². The number of hydrogen-bond acceptors (Lipinski definition) is 3. The van der Waals surface area contributed by atoms with Gasteiger partial charge in [-0.15, -0.1) is 0 Å². The molecule has 0 aromatic heterocycles. The Morgan fingerprint density at radius 3 is 2.87 bits per heavy atom. The SMILES string of the molecule is CC(NC1CCCSC1C)C1CCCO1. The molecule has 2 saturated heterocycles. The lowest BCUT2D eigenvalue weighted by Crippen LogP contribution is -2.48. The number of ether oxygens (including phenoxy) is 1. The van der Waals surface area contributed by atoms with Crippen molar-refractivity contribution in [1.82, 2.24) is 5.32 Å². The fourth-order valence-corrected chi connectivity index (χ4v) is 3.74. The van der Waals surface area contributed by atoms with Crippen LogP contribution in [0.4, 0.5) is 0 Å². The van der Waals surface area contributed by atoms with Crippen molar-refractivity contribution in [3.05, 3.63) is 0 Å². The number of hydrogen-bond donors (Lipinski definition) is 1. The zero-order valence-electron chi connectivity index (χ0n) is 9.87. The van der Waals surface area contributed by atoms with E-state index >= 15 is 0 Å². The third-order valence-corrected chi connectivity index (χ3v) is 4.99. The molecule has 0 aliphatic carbocycles. The first kappa shape index (κ1) is 11.7. The zero-order chi connectivity index (χ0) is 10.7. The van der Waals surface area contributed by atoms with E-state index in [0.29, 0.717) is 18.2 Å². The third kappa shape index (κ3) is 3.11. The van der Waals surface area contributed by atoms with E-state index in [1.807, 2.05) is 0 Å². The molecule has 1 N–H and O–H groups in total. The first-order valence-corrected chi connectivity index (χ1v) is 7.31. The summed E-state index contributed by atoms with van der Waals surface area (Å²) < 4.78 is 5.72. The molecule has 15 heavy (non-hydrogen) atoms. The van der Waals surface area contributed by atoms with E-state index in [1.165, 1.54) is 31.4 Å². The van der Waals surface area contributed by atoms with Crippen molar-refractivity contribution in [1.29, 1.82) is 0 Å². The lowest BCUT2D eigenvalue weighted by atomic mass is 10.0. The molecule has 0 aromatic rings. The van der Waals surface area contributed by atoms with Gasteiger partial charge in [-0.25, -0.2) is 0 Å². The van der Waals surface area contributed by atoms with Crippen LogP contribution in [0.3, 0.4) is 0 Å². The minimum absolute atomic E-state index is 0.462. The number of rotatable bonds is 3. The van der Waals surface area contributed by atoms with E-state index in [2.05, 4.69) is 30.9 Å². The van der Waals surface area contributed by atoms with Crippen molar-refractivity contribution in [2.24, 2.45) is 0 Å². The molecule has 2 rings (SSSR count). The summed E-state index contributed by atoms with van der Waals surface area (Å²) in [6.07, 6.45) is 5.65. The number of nitrogens with one attached hydrogen (secondary N) is 1. The lowest BCUT2D eigenvalue weighted by Gasteiger charge is -2.33. The fourth-order valence-electron chi connectivity index (χ4n) is 2.58. The first-order valence-electron chi connectivity index (χ1n) is 6.26. The molecular weight excluding hydrogens is 206 g/mol. The Balaban J connectivity index is 1.78. The van der Waals surface area contributed by atoms with Gasteiger partial charge in [0.05, 0.1) is 6.10 Å². The van der Waals surface area contributed by atoms with Gasteiger partial charge in [-0.3, -0.25) is 0 Å². The average molecular weight is 229 g/mol. The molecule has 2 heterocycles. The topological polar surface area (TPSA) is 21.3 Å². The van der Waals surface area contributed by atoms with Crippen molar-refractivity contribution in [3.8, 4) is 0 Å². The zero-order valence-corrected chi connectivity index (χ0v) is 10.7. The van der Waals surface area contributed by atoms with E-state index in [9.17, 15) is 0 Å². The second-order valence-electron chi connectivity index (χ2n) is 4.83. The molecule has 0 aromatic carbocycles. The summed E-state index contributed by atoms with van der Waals surface area (Å²) in [6.45, 7) is 5.59. The standard InChI is InChI=1S/C12H23NOS/c1-9(12-6-3-7-14-12)13-11-5-4-8-15-10(11)2/h9-13H,3-8H2,1-2H3. The highest BCUT2D eigenvalue weighted by Gasteiger charge is 2.28. The van der Waals surface area contributed by atoms with Gasteiger partial charge in [-0.05, 0) is 38.4 Å². The summed E-state index contributed by atoms with van der Waals surface area (Å²) in [5, 5.41) is 4.53. The highest BCUT2D eigenvalue weighted by molar-refractivity contribution is 7.99. The maximum Gasteiger partial charge on any atom is 0.0726 e. The molecule has 3 heteroatoms. The van der Waals surface area contributed by atoms with Gasteiger partial charge in [0.1, 0.15) is 0 Å².